The summed E-state index contributed by atoms with van der Waals surface area (Å²) in [5.41, 5.74) is 0.00845. The number of ether oxygens (including phenoxy) is 1. The molecule has 1 aliphatic heterocycles. The molecule has 14 heavy (non-hydrogen) atoms. The fraction of sp³-hybridized carbons (Fsp3) is 0.917. The lowest BCUT2D eigenvalue weighted by Gasteiger charge is -2.42. The second-order valence-electron chi connectivity index (χ2n) is 4.62. The molecule has 0 bridgehead atoms. The number of hydrogen-bond donors (Lipinski definition) is 0. The van der Waals surface area contributed by atoms with Gasteiger partial charge in [0.1, 0.15) is 0 Å². The van der Waals surface area contributed by atoms with Crippen molar-refractivity contribution in [2.24, 2.45) is 5.92 Å². The molecule has 1 heterocycles. The van der Waals surface area contributed by atoms with Gasteiger partial charge in [0.2, 0.25) is 0 Å². The van der Waals surface area contributed by atoms with E-state index in [1.165, 1.54) is 6.42 Å². The average molecular weight is 195 g/mol. The first-order valence-corrected chi connectivity index (χ1v) is 5.67. The lowest BCUT2D eigenvalue weighted by molar-refractivity contribution is -0.143. The maximum atomic E-state index is 8.65. The van der Waals surface area contributed by atoms with Gasteiger partial charge in [-0.2, -0.15) is 5.26 Å². The molecule has 0 amide bonds. The number of hydrogen-bond acceptors (Lipinski definition) is 2. The zero-order valence-electron chi connectivity index (χ0n) is 9.55. The van der Waals surface area contributed by atoms with Crippen LogP contribution in [0.1, 0.15) is 52.9 Å². The van der Waals surface area contributed by atoms with Gasteiger partial charge >= 0.3 is 0 Å². The van der Waals surface area contributed by atoms with E-state index in [-0.39, 0.29) is 11.7 Å². The van der Waals surface area contributed by atoms with E-state index in [0.717, 1.165) is 19.3 Å². The highest BCUT2D eigenvalue weighted by Crippen LogP contribution is 2.36. The predicted octanol–water partition coefficient (Wildman–Crippen LogP) is 3.27. The first kappa shape index (κ1) is 11.5. The fourth-order valence-electron chi connectivity index (χ4n) is 2.22. The van der Waals surface area contributed by atoms with Crippen LogP contribution < -0.4 is 0 Å². The van der Waals surface area contributed by atoms with Crippen LogP contribution in [-0.2, 0) is 4.74 Å². The minimum absolute atomic E-state index is 0.00845. The van der Waals surface area contributed by atoms with Crippen molar-refractivity contribution in [2.75, 3.05) is 0 Å². The quantitative estimate of drug-likeness (QED) is 0.692. The van der Waals surface area contributed by atoms with Gasteiger partial charge in [-0.1, -0.05) is 20.3 Å². The van der Waals surface area contributed by atoms with Gasteiger partial charge in [-0.3, -0.25) is 0 Å². The Morgan fingerprint density at radius 2 is 2.36 bits per heavy atom. The zero-order valence-corrected chi connectivity index (χ0v) is 9.55. The summed E-state index contributed by atoms with van der Waals surface area (Å²) in [4.78, 5) is 0. The summed E-state index contributed by atoms with van der Waals surface area (Å²) in [6, 6.07) is 2.21. The second kappa shape index (κ2) is 4.79. The molecule has 80 valence electrons. The minimum atomic E-state index is 0.00845. The molecule has 0 spiro atoms. The van der Waals surface area contributed by atoms with Crippen molar-refractivity contribution in [1.82, 2.24) is 0 Å². The Kier molecular flexibility index (Phi) is 3.95. The van der Waals surface area contributed by atoms with Gasteiger partial charge in [0.15, 0.2) is 0 Å². The van der Waals surface area contributed by atoms with Gasteiger partial charge in [-0.05, 0) is 32.1 Å². The molecule has 0 radical (unpaired) electrons. The minimum Gasteiger partial charge on any atom is -0.371 e. The summed E-state index contributed by atoms with van der Waals surface area (Å²) in [6.45, 7) is 6.65. The van der Waals surface area contributed by atoms with Crippen molar-refractivity contribution in [3.63, 3.8) is 0 Å². The maximum Gasteiger partial charge on any atom is 0.0712 e. The largest absolute Gasteiger partial charge is 0.371 e. The molecule has 0 N–H and O–H groups in total. The first-order valence-electron chi connectivity index (χ1n) is 5.67. The molecule has 0 aliphatic carbocycles. The van der Waals surface area contributed by atoms with Crippen LogP contribution in [0.3, 0.4) is 0 Å². The van der Waals surface area contributed by atoms with E-state index in [1.807, 2.05) is 0 Å². The van der Waals surface area contributed by atoms with Crippen LogP contribution in [0.15, 0.2) is 0 Å². The first-order chi connectivity index (χ1) is 6.62. The Balaban J connectivity index is 2.58. The summed E-state index contributed by atoms with van der Waals surface area (Å²) < 4.78 is 6.04. The van der Waals surface area contributed by atoms with Crippen molar-refractivity contribution in [2.45, 2.75) is 64.6 Å². The standard InChI is InChI=1S/C12H21NO/c1-4-10(2)12(3)8-5-6-11(14-12)7-9-13/h10-11H,4-8H2,1-3H3. The molecule has 2 heteroatoms. The molecule has 0 saturated carbocycles. The highest BCUT2D eigenvalue weighted by Gasteiger charge is 2.36. The number of nitriles is 1. The third-order valence-electron chi connectivity index (χ3n) is 3.61. The third-order valence-corrected chi connectivity index (χ3v) is 3.61. The highest BCUT2D eigenvalue weighted by atomic mass is 16.5. The molecule has 0 aromatic carbocycles. The lowest BCUT2D eigenvalue weighted by atomic mass is 9.81. The van der Waals surface area contributed by atoms with Crippen molar-refractivity contribution in [3.8, 4) is 6.07 Å². The number of nitrogens with zero attached hydrogens (tertiary/aromatic N) is 1. The summed E-state index contributed by atoms with van der Waals surface area (Å²) in [5.74, 6) is 0.587. The molecule has 0 aromatic heterocycles. The van der Waals surface area contributed by atoms with Crippen LogP contribution in [0, 0.1) is 17.2 Å². The van der Waals surface area contributed by atoms with Crippen LogP contribution in [0.2, 0.25) is 0 Å². The third kappa shape index (κ3) is 2.48. The van der Waals surface area contributed by atoms with Crippen molar-refractivity contribution < 1.29 is 4.74 Å². The van der Waals surface area contributed by atoms with Gasteiger partial charge in [0, 0.05) is 0 Å². The average Bonchev–Trinajstić information content (AvgIpc) is 2.17. The Morgan fingerprint density at radius 3 is 2.93 bits per heavy atom. The molecule has 2 nitrogen and oxygen atoms in total. The van der Waals surface area contributed by atoms with Crippen LogP contribution in [0.25, 0.3) is 0 Å². The predicted molar refractivity (Wildman–Crippen MR) is 56.8 cm³/mol. The van der Waals surface area contributed by atoms with E-state index in [9.17, 15) is 0 Å². The Morgan fingerprint density at radius 1 is 1.64 bits per heavy atom. The summed E-state index contributed by atoms with van der Waals surface area (Å²) in [6.07, 6.45) is 5.27. The van der Waals surface area contributed by atoms with Crippen molar-refractivity contribution in [1.29, 1.82) is 5.26 Å². The van der Waals surface area contributed by atoms with E-state index in [4.69, 9.17) is 10.00 Å². The van der Waals surface area contributed by atoms with E-state index in [1.54, 1.807) is 0 Å². The molecule has 1 rings (SSSR count). The molecule has 3 unspecified atom stereocenters. The SMILES string of the molecule is CCC(C)C1(C)CCCC(CC#N)O1. The van der Waals surface area contributed by atoms with E-state index >= 15 is 0 Å². The number of rotatable bonds is 3. The molecule has 0 aromatic rings. The van der Waals surface area contributed by atoms with Gasteiger partial charge in [0.25, 0.3) is 0 Å². The summed E-state index contributed by atoms with van der Waals surface area (Å²) in [5, 5.41) is 8.65. The molecule has 1 saturated heterocycles. The van der Waals surface area contributed by atoms with E-state index < -0.39 is 0 Å². The molecule has 1 fully saturated rings. The van der Waals surface area contributed by atoms with Crippen molar-refractivity contribution >= 4 is 0 Å². The Bertz CT molecular complexity index is 221. The second-order valence-corrected chi connectivity index (χ2v) is 4.62. The summed E-state index contributed by atoms with van der Waals surface area (Å²) in [7, 11) is 0. The van der Waals surface area contributed by atoms with Crippen LogP contribution in [-0.4, -0.2) is 11.7 Å². The Labute approximate surface area is 87.3 Å². The topological polar surface area (TPSA) is 33.0 Å². The summed E-state index contributed by atoms with van der Waals surface area (Å²) >= 11 is 0. The monoisotopic (exact) mass is 195 g/mol. The van der Waals surface area contributed by atoms with Gasteiger partial charge in [-0.15, -0.1) is 0 Å². The Hall–Kier alpha value is -0.550. The molecular formula is C12H21NO. The van der Waals surface area contributed by atoms with Crippen LogP contribution in [0.5, 0.6) is 0 Å². The van der Waals surface area contributed by atoms with E-state index in [2.05, 4.69) is 26.8 Å². The van der Waals surface area contributed by atoms with Crippen LogP contribution >= 0.6 is 0 Å². The highest BCUT2D eigenvalue weighted by molar-refractivity contribution is 4.89. The smallest absolute Gasteiger partial charge is 0.0712 e. The molecule has 1 aliphatic rings. The lowest BCUT2D eigenvalue weighted by Crippen LogP contribution is -2.43. The maximum absolute atomic E-state index is 8.65. The van der Waals surface area contributed by atoms with Crippen LogP contribution in [0.4, 0.5) is 0 Å². The van der Waals surface area contributed by atoms with E-state index in [0.29, 0.717) is 12.3 Å². The van der Waals surface area contributed by atoms with Gasteiger partial charge in [-0.25, -0.2) is 0 Å². The fourth-order valence-corrected chi connectivity index (χ4v) is 2.22. The molecule has 3 atom stereocenters. The zero-order chi connectivity index (χ0) is 10.6. The normalized spacial score (nSPS) is 34.9. The van der Waals surface area contributed by atoms with Gasteiger partial charge < -0.3 is 4.74 Å². The molecular weight excluding hydrogens is 174 g/mol. The van der Waals surface area contributed by atoms with Gasteiger partial charge in [0.05, 0.1) is 24.2 Å². The van der Waals surface area contributed by atoms with Crippen molar-refractivity contribution in [3.05, 3.63) is 0 Å².